The van der Waals surface area contributed by atoms with E-state index in [1.807, 2.05) is 0 Å². The van der Waals surface area contributed by atoms with Crippen LogP contribution >= 0.6 is 0 Å². The highest BCUT2D eigenvalue weighted by atomic mass is 16.3. The van der Waals surface area contributed by atoms with Gasteiger partial charge in [0.15, 0.2) is 0 Å². The Labute approximate surface area is 277 Å². The lowest BCUT2D eigenvalue weighted by Gasteiger charge is -2.31. The van der Waals surface area contributed by atoms with Gasteiger partial charge in [0.25, 0.3) is 0 Å². The molecule has 0 amide bonds. The van der Waals surface area contributed by atoms with Crippen molar-refractivity contribution in [2.45, 2.75) is 5.41 Å². The first-order valence-corrected chi connectivity index (χ1v) is 16.8. The maximum atomic E-state index is 6.63. The second-order valence-corrected chi connectivity index (χ2v) is 13.5. The van der Waals surface area contributed by atoms with E-state index >= 15 is 0 Å². The lowest BCUT2D eigenvalue weighted by Crippen LogP contribution is -2.26. The van der Waals surface area contributed by atoms with Crippen LogP contribution in [-0.4, -0.2) is 0 Å². The van der Waals surface area contributed by atoms with E-state index in [1.54, 1.807) is 0 Å². The van der Waals surface area contributed by atoms with Gasteiger partial charge in [-0.1, -0.05) is 146 Å². The zero-order chi connectivity index (χ0) is 31.1. The van der Waals surface area contributed by atoms with Gasteiger partial charge in [0.1, 0.15) is 11.2 Å². The Morgan fingerprint density at radius 1 is 0.333 bits per heavy atom. The van der Waals surface area contributed by atoms with Gasteiger partial charge in [-0.2, -0.15) is 0 Å². The van der Waals surface area contributed by atoms with Crippen LogP contribution in [0.5, 0.6) is 0 Å². The van der Waals surface area contributed by atoms with Crippen molar-refractivity contribution < 1.29 is 4.42 Å². The van der Waals surface area contributed by atoms with Crippen LogP contribution < -0.4 is 0 Å². The molecule has 9 aromatic rings. The molecule has 3 aliphatic carbocycles. The van der Waals surface area contributed by atoms with Crippen LogP contribution in [0.15, 0.2) is 162 Å². The zero-order valence-electron chi connectivity index (χ0n) is 25.9. The van der Waals surface area contributed by atoms with Gasteiger partial charge >= 0.3 is 0 Å². The molecule has 12 rings (SSSR count). The molecule has 0 saturated carbocycles. The summed E-state index contributed by atoms with van der Waals surface area (Å²) >= 11 is 0. The molecule has 48 heavy (non-hydrogen) atoms. The van der Waals surface area contributed by atoms with E-state index < -0.39 is 5.41 Å². The van der Waals surface area contributed by atoms with Crippen molar-refractivity contribution in [1.82, 2.24) is 0 Å². The molecule has 0 fully saturated rings. The summed E-state index contributed by atoms with van der Waals surface area (Å²) in [5, 5.41) is 5.03. The number of hydrogen-bond donors (Lipinski definition) is 0. The van der Waals surface area contributed by atoms with Gasteiger partial charge in [0.05, 0.1) is 5.41 Å². The van der Waals surface area contributed by atoms with Crippen molar-refractivity contribution in [2.24, 2.45) is 0 Å². The fourth-order valence-corrected chi connectivity index (χ4v) is 9.73. The molecule has 1 heterocycles. The second-order valence-electron chi connectivity index (χ2n) is 13.5. The average Bonchev–Trinajstić information content (AvgIpc) is 3.86. The van der Waals surface area contributed by atoms with Crippen LogP contribution in [0, 0.1) is 0 Å². The van der Waals surface area contributed by atoms with E-state index in [-0.39, 0.29) is 0 Å². The van der Waals surface area contributed by atoms with Crippen LogP contribution in [0.25, 0.3) is 88.3 Å². The number of fused-ring (bicyclic) bond motifs is 17. The Morgan fingerprint density at radius 3 is 1.69 bits per heavy atom. The molecule has 1 nitrogen and oxygen atoms in total. The predicted octanol–water partition coefficient (Wildman–Crippen LogP) is 12.4. The number of furan rings is 1. The highest BCUT2D eigenvalue weighted by Crippen LogP contribution is 2.66. The second kappa shape index (κ2) is 8.59. The van der Waals surface area contributed by atoms with Crippen LogP contribution in [0.2, 0.25) is 0 Å². The highest BCUT2D eigenvalue weighted by Gasteiger charge is 2.53. The van der Waals surface area contributed by atoms with Gasteiger partial charge in [0, 0.05) is 16.3 Å². The predicted molar refractivity (Wildman–Crippen MR) is 197 cm³/mol. The normalized spacial score (nSPS) is 16.0. The molecule has 0 saturated heterocycles. The summed E-state index contributed by atoms with van der Waals surface area (Å²) in [5.74, 6) is 0. The lowest BCUT2D eigenvalue weighted by molar-refractivity contribution is 0.670. The van der Waals surface area contributed by atoms with Crippen molar-refractivity contribution >= 4 is 32.7 Å². The molecule has 0 bridgehead atoms. The van der Waals surface area contributed by atoms with Crippen LogP contribution in [-0.2, 0) is 5.41 Å². The monoisotopic (exact) mass is 606 g/mol. The largest absolute Gasteiger partial charge is 0.455 e. The zero-order valence-corrected chi connectivity index (χ0v) is 25.9. The molecule has 1 unspecified atom stereocenters. The van der Waals surface area contributed by atoms with E-state index in [0.717, 1.165) is 27.5 Å². The van der Waals surface area contributed by atoms with Crippen molar-refractivity contribution in [1.29, 1.82) is 0 Å². The molecule has 0 radical (unpaired) electrons. The maximum Gasteiger partial charge on any atom is 0.143 e. The summed E-state index contributed by atoms with van der Waals surface area (Å²) in [6, 6.07) is 58.6. The van der Waals surface area contributed by atoms with Crippen molar-refractivity contribution in [3.8, 4) is 55.6 Å². The molecule has 0 N–H and O–H groups in total. The first kappa shape index (κ1) is 25.0. The smallest absolute Gasteiger partial charge is 0.143 e. The maximum absolute atomic E-state index is 6.63. The molecule has 1 heteroatoms. The van der Waals surface area contributed by atoms with E-state index in [0.29, 0.717) is 0 Å². The Bertz CT molecular complexity index is 2900. The van der Waals surface area contributed by atoms with Crippen molar-refractivity contribution in [3.05, 3.63) is 180 Å². The molecule has 1 spiro atoms. The van der Waals surface area contributed by atoms with Crippen LogP contribution in [0.3, 0.4) is 0 Å². The van der Waals surface area contributed by atoms with Gasteiger partial charge in [-0.05, 0) is 95.2 Å². The standard InChI is InChI=1S/C47H26O/c1-2-13-28-27(12-1)30-17-9-21-36-43(30)37(28)26-41-45(36)35-16-4-7-23-39(35)47(41)38-22-6-3-15-34(38)44-31(18-11-24-40(44)47)33-20-10-19-32-29-14-5-8-25-42(29)48-46(32)33/h1-26H. The highest BCUT2D eigenvalue weighted by molar-refractivity contribution is 6.21. The Kier molecular flexibility index (Phi) is 4.47. The van der Waals surface area contributed by atoms with E-state index in [9.17, 15) is 0 Å². The molecule has 1 atom stereocenters. The minimum atomic E-state index is -0.451. The van der Waals surface area contributed by atoms with Crippen LogP contribution in [0.1, 0.15) is 22.3 Å². The van der Waals surface area contributed by atoms with Gasteiger partial charge < -0.3 is 4.42 Å². The Morgan fingerprint density at radius 2 is 0.875 bits per heavy atom. The third kappa shape index (κ3) is 2.75. The summed E-state index contributed by atoms with van der Waals surface area (Å²) in [4.78, 5) is 0. The summed E-state index contributed by atoms with van der Waals surface area (Å²) in [5.41, 5.74) is 19.8. The van der Waals surface area contributed by atoms with E-state index in [1.165, 1.54) is 83.1 Å². The Hall–Kier alpha value is -6.18. The van der Waals surface area contributed by atoms with Crippen LogP contribution in [0.4, 0.5) is 0 Å². The molecule has 220 valence electrons. The topological polar surface area (TPSA) is 13.1 Å². The summed E-state index contributed by atoms with van der Waals surface area (Å²) < 4.78 is 6.63. The third-order valence-corrected chi connectivity index (χ3v) is 11.4. The fraction of sp³-hybridized carbons (Fsp3) is 0.0213. The molecule has 0 aliphatic heterocycles. The number of benzene rings is 8. The molecular weight excluding hydrogens is 581 g/mol. The Balaban J connectivity index is 1.25. The quantitative estimate of drug-likeness (QED) is 0.181. The lowest BCUT2D eigenvalue weighted by atomic mass is 9.70. The first-order valence-electron chi connectivity index (χ1n) is 16.8. The molecule has 3 aliphatic rings. The van der Waals surface area contributed by atoms with E-state index in [4.69, 9.17) is 4.42 Å². The fourth-order valence-electron chi connectivity index (χ4n) is 9.73. The first-order chi connectivity index (χ1) is 23.8. The number of rotatable bonds is 1. The summed E-state index contributed by atoms with van der Waals surface area (Å²) in [6.45, 7) is 0. The van der Waals surface area contributed by atoms with Crippen molar-refractivity contribution in [2.75, 3.05) is 0 Å². The van der Waals surface area contributed by atoms with Crippen molar-refractivity contribution in [3.63, 3.8) is 0 Å². The molecular formula is C47H26O. The minimum absolute atomic E-state index is 0.451. The summed E-state index contributed by atoms with van der Waals surface area (Å²) in [6.07, 6.45) is 0. The molecule has 1 aromatic heterocycles. The van der Waals surface area contributed by atoms with E-state index in [2.05, 4.69) is 158 Å². The number of para-hydroxylation sites is 2. The van der Waals surface area contributed by atoms with Gasteiger partial charge in [-0.3, -0.25) is 0 Å². The van der Waals surface area contributed by atoms with Gasteiger partial charge in [0.2, 0.25) is 0 Å². The SMILES string of the molecule is c1ccc2c(c1)-c1cccc3c4c(cc-2c13)C1(c2ccccc2-c2c(-c3cccc5c3oc3ccccc35)cccc21)c1ccccc1-4. The molecule has 8 aromatic carbocycles. The number of hydrogen-bond acceptors (Lipinski definition) is 1. The third-order valence-electron chi connectivity index (χ3n) is 11.4. The van der Waals surface area contributed by atoms with Gasteiger partial charge in [-0.15, -0.1) is 0 Å². The summed E-state index contributed by atoms with van der Waals surface area (Å²) in [7, 11) is 0. The minimum Gasteiger partial charge on any atom is -0.455 e. The average molecular weight is 607 g/mol. The van der Waals surface area contributed by atoms with Gasteiger partial charge in [-0.25, -0.2) is 0 Å².